The van der Waals surface area contributed by atoms with Crippen LogP contribution in [0.2, 0.25) is 0 Å². The molecule has 2 saturated heterocycles. The van der Waals surface area contributed by atoms with E-state index in [0.29, 0.717) is 18.9 Å². The van der Waals surface area contributed by atoms with Crippen LogP contribution in [-0.2, 0) is 4.79 Å². The minimum absolute atomic E-state index is 0.0634. The fourth-order valence-corrected chi connectivity index (χ4v) is 2.36. The topological polar surface area (TPSA) is 52.7 Å². The summed E-state index contributed by atoms with van der Waals surface area (Å²) in [6, 6.07) is -0.130. The van der Waals surface area contributed by atoms with Gasteiger partial charge in [-0.05, 0) is 31.8 Å². The van der Waals surface area contributed by atoms with Gasteiger partial charge in [-0.15, -0.1) is 0 Å². The fourth-order valence-electron chi connectivity index (χ4n) is 2.36. The summed E-state index contributed by atoms with van der Waals surface area (Å²) < 4.78 is 0. The van der Waals surface area contributed by atoms with Crippen molar-refractivity contribution in [3.63, 3.8) is 0 Å². The largest absolute Gasteiger partial charge is 0.326 e. The first-order valence-electron chi connectivity index (χ1n) is 5.94. The van der Waals surface area contributed by atoms with E-state index in [1.807, 2.05) is 4.90 Å². The van der Waals surface area contributed by atoms with E-state index in [2.05, 4.69) is 5.32 Å². The molecule has 5 heteroatoms. The molecule has 0 bridgehead atoms. The van der Waals surface area contributed by atoms with Gasteiger partial charge in [-0.3, -0.25) is 9.69 Å². The lowest BCUT2D eigenvalue weighted by Crippen LogP contribution is -2.52. The van der Waals surface area contributed by atoms with Gasteiger partial charge in [0.25, 0.3) is 0 Å². The first kappa shape index (κ1) is 11.4. The molecular formula is C11H19N3O2. The van der Waals surface area contributed by atoms with E-state index in [1.165, 1.54) is 4.90 Å². The Hall–Kier alpha value is -1.10. The van der Waals surface area contributed by atoms with Crippen molar-refractivity contribution in [1.82, 2.24) is 15.1 Å². The van der Waals surface area contributed by atoms with E-state index in [-0.39, 0.29) is 11.9 Å². The van der Waals surface area contributed by atoms with Crippen LogP contribution in [0.25, 0.3) is 0 Å². The van der Waals surface area contributed by atoms with Crippen molar-refractivity contribution in [1.29, 1.82) is 0 Å². The molecule has 2 aliphatic heterocycles. The average Bonchev–Trinajstić information content (AvgIpc) is 2.31. The Kier molecular flexibility index (Phi) is 3.43. The zero-order valence-corrected chi connectivity index (χ0v) is 9.74. The van der Waals surface area contributed by atoms with Crippen molar-refractivity contribution in [2.75, 3.05) is 33.2 Å². The van der Waals surface area contributed by atoms with Gasteiger partial charge in [0.15, 0.2) is 0 Å². The molecule has 0 saturated carbocycles. The zero-order chi connectivity index (χ0) is 11.5. The molecule has 0 radical (unpaired) electrons. The number of nitrogens with one attached hydrogen (secondary N) is 1. The molecule has 2 rings (SSSR count). The second-order valence-corrected chi connectivity index (χ2v) is 4.62. The number of urea groups is 1. The zero-order valence-electron chi connectivity index (χ0n) is 9.74. The van der Waals surface area contributed by atoms with Gasteiger partial charge in [-0.25, -0.2) is 4.79 Å². The van der Waals surface area contributed by atoms with Crippen molar-refractivity contribution in [2.45, 2.75) is 19.3 Å². The minimum atomic E-state index is -0.130. The highest BCUT2D eigenvalue weighted by Gasteiger charge is 2.30. The molecule has 0 aromatic rings. The van der Waals surface area contributed by atoms with Crippen LogP contribution in [0.15, 0.2) is 0 Å². The van der Waals surface area contributed by atoms with Gasteiger partial charge in [0, 0.05) is 26.6 Å². The van der Waals surface area contributed by atoms with Gasteiger partial charge < -0.3 is 10.2 Å². The monoisotopic (exact) mass is 225 g/mol. The van der Waals surface area contributed by atoms with Crippen LogP contribution in [0.3, 0.4) is 0 Å². The third-order valence-corrected chi connectivity index (χ3v) is 3.46. The SMILES string of the molecule is CN1C(=O)CCN(CC2CCNCC2)C1=O. The summed E-state index contributed by atoms with van der Waals surface area (Å²) in [5.41, 5.74) is 0. The molecule has 1 N–H and O–H groups in total. The minimum Gasteiger partial charge on any atom is -0.323 e. The Labute approximate surface area is 95.8 Å². The summed E-state index contributed by atoms with van der Waals surface area (Å²) >= 11 is 0. The number of rotatable bonds is 2. The van der Waals surface area contributed by atoms with E-state index < -0.39 is 0 Å². The molecule has 0 atom stereocenters. The molecule has 2 fully saturated rings. The number of piperidine rings is 1. The third-order valence-electron chi connectivity index (χ3n) is 3.46. The van der Waals surface area contributed by atoms with Gasteiger partial charge in [-0.2, -0.15) is 0 Å². The first-order valence-corrected chi connectivity index (χ1v) is 5.94. The summed E-state index contributed by atoms with van der Waals surface area (Å²) in [6.45, 7) is 3.48. The molecule has 2 aliphatic rings. The highest BCUT2D eigenvalue weighted by Crippen LogP contribution is 2.17. The predicted octanol–water partition coefficient (Wildman–Crippen LogP) is 0.270. The quantitative estimate of drug-likeness (QED) is 0.734. The molecule has 16 heavy (non-hydrogen) atoms. The molecule has 0 spiro atoms. The van der Waals surface area contributed by atoms with Crippen molar-refractivity contribution < 1.29 is 9.59 Å². The number of carbonyl (C=O) groups excluding carboxylic acids is 2. The molecule has 2 heterocycles. The first-order chi connectivity index (χ1) is 7.68. The maximum atomic E-state index is 11.8. The van der Waals surface area contributed by atoms with Gasteiger partial charge >= 0.3 is 6.03 Å². The summed E-state index contributed by atoms with van der Waals surface area (Å²) in [6.07, 6.45) is 2.72. The number of carbonyl (C=O) groups is 2. The maximum Gasteiger partial charge on any atom is 0.326 e. The summed E-state index contributed by atoms with van der Waals surface area (Å²) in [5.74, 6) is 0.526. The highest BCUT2D eigenvalue weighted by molar-refractivity contribution is 5.96. The Bertz CT molecular complexity index is 287. The Morgan fingerprint density at radius 1 is 1.31 bits per heavy atom. The van der Waals surface area contributed by atoms with E-state index >= 15 is 0 Å². The van der Waals surface area contributed by atoms with Gasteiger partial charge in [0.2, 0.25) is 5.91 Å². The van der Waals surface area contributed by atoms with Crippen LogP contribution in [0.4, 0.5) is 4.79 Å². The van der Waals surface area contributed by atoms with E-state index in [4.69, 9.17) is 0 Å². The third kappa shape index (κ3) is 2.35. The molecule has 90 valence electrons. The molecular weight excluding hydrogens is 206 g/mol. The summed E-state index contributed by atoms with van der Waals surface area (Å²) in [7, 11) is 1.57. The lowest BCUT2D eigenvalue weighted by atomic mass is 9.97. The lowest BCUT2D eigenvalue weighted by molar-refractivity contribution is -0.129. The van der Waals surface area contributed by atoms with E-state index in [1.54, 1.807) is 7.05 Å². The second kappa shape index (κ2) is 4.82. The normalized spacial score (nSPS) is 24.1. The van der Waals surface area contributed by atoms with Crippen molar-refractivity contribution in [2.24, 2.45) is 5.92 Å². The number of hydrogen-bond donors (Lipinski definition) is 1. The average molecular weight is 225 g/mol. The van der Waals surface area contributed by atoms with E-state index in [9.17, 15) is 9.59 Å². The number of hydrogen-bond acceptors (Lipinski definition) is 3. The molecule has 0 aromatic heterocycles. The smallest absolute Gasteiger partial charge is 0.323 e. The van der Waals surface area contributed by atoms with Crippen LogP contribution in [0.1, 0.15) is 19.3 Å². The van der Waals surface area contributed by atoms with Crippen molar-refractivity contribution in [3.8, 4) is 0 Å². The highest BCUT2D eigenvalue weighted by atomic mass is 16.2. The molecule has 3 amide bonds. The predicted molar refractivity (Wildman–Crippen MR) is 59.9 cm³/mol. The summed E-state index contributed by atoms with van der Waals surface area (Å²) in [4.78, 5) is 26.2. The molecule has 0 unspecified atom stereocenters. The fraction of sp³-hybridized carbons (Fsp3) is 0.818. The van der Waals surface area contributed by atoms with Crippen molar-refractivity contribution >= 4 is 11.9 Å². The van der Waals surface area contributed by atoms with Crippen molar-refractivity contribution in [3.05, 3.63) is 0 Å². The van der Waals surface area contributed by atoms with E-state index in [0.717, 1.165) is 32.5 Å². The van der Waals surface area contributed by atoms with Gasteiger partial charge in [-0.1, -0.05) is 0 Å². The Morgan fingerprint density at radius 2 is 2.00 bits per heavy atom. The lowest BCUT2D eigenvalue weighted by Gasteiger charge is -2.35. The van der Waals surface area contributed by atoms with Crippen LogP contribution >= 0.6 is 0 Å². The Balaban J connectivity index is 1.89. The van der Waals surface area contributed by atoms with Crippen LogP contribution in [0.5, 0.6) is 0 Å². The summed E-state index contributed by atoms with van der Waals surface area (Å²) in [5, 5.41) is 3.31. The number of amides is 3. The van der Waals surface area contributed by atoms with Gasteiger partial charge in [0.1, 0.15) is 0 Å². The molecule has 0 aromatic carbocycles. The number of nitrogens with zero attached hydrogens (tertiary/aromatic N) is 2. The van der Waals surface area contributed by atoms with Gasteiger partial charge in [0.05, 0.1) is 0 Å². The molecule has 5 nitrogen and oxygen atoms in total. The number of imide groups is 1. The standard InChI is InChI=1S/C11H19N3O2/c1-13-10(15)4-7-14(11(13)16)8-9-2-5-12-6-3-9/h9,12H,2-8H2,1H3. The molecule has 0 aliphatic carbocycles. The maximum absolute atomic E-state index is 11.8. The van der Waals surface area contributed by atoms with Crippen LogP contribution in [-0.4, -0.2) is 55.0 Å². The second-order valence-electron chi connectivity index (χ2n) is 4.62. The van der Waals surface area contributed by atoms with Crippen LogP contribution in [0, 0.1) is 5.92 Å². The van der Waals surface area contributed by atoms with Crippen LogP contribution < -0.4 is 5.32 Å². The Morgan fingerprint density at radius 3 is 2.69 bits per heavy atom.